The summed E-state index contributed by atoms with van der Waals surface area (Å²) < 4.78 is 0. The minimum absolute atomic E-state index is 0.0568. The lowest BCUT2D eigenvalue weighted by Gasteiger charge is -2.34. The highest BCUT2D eigenvalue weighted by Gasteiger charge is 2.28. The molecule has 0 aromatic heterocycles. The first-order valence-electron chi connectivity index (χ1n) is 6.95. The van der Waals surface area contributed by atoms with E-state index in [1.807, 2.05) is 19.9 Å². The van der Waals surface area contributed by atoms with Crippen molar-refractivity contribution in [3.8, 4) is 0 Å². The molecule has 102 valence electrons. The van der Waals surface area contributed by atoms with Crippen molar-refractivity contribution in [1.29, 1.82) is 0 Å². The molecule has 0 saturated carbocycles. The summed E-state index contributed by atoms with van der Waals surface area (Å²) >= 11 is 0. The normalized spacial score (nSPS) is 25.0. The van der Waals surface area contributed by atoms with Gasteiger partial charge in [-0.05, 0) is 44.1 Å². The zero-order valence-electron chi connectivity index (χ0n) is 12.6. The molecule has 0 fully saturated rings. The van der Waals surface area contributed by atoms with Crippen LogP contribution in [0.2, 0.25) is 0 Å². The van der Waals surface area contributed by atoms with E-state index in [2.05, 4.69) is 33.4 Å². The second-order valence-electron chi connectivity index (χ2n) is 6.51. The van der Waals surface area contributed by atoms with Crippen molar-refractivity contribution in [1.82, 2.24) is 0 Å². The lowest BCUT2D eigenvalue weighted by Crippen LogP contribution is -2.29. The Kier molecular flexibility index (Phi) is 4.61. The Morgan fingerprint density at radius 3 is 2.56 bits per heavy atom. The van der Waals surface area contributed by atoms with Gasteiger partial charge in [-0.2, -0.15) is 0 Å². The van der Waals surface area contributed by atoms with Crippen LogP contribution in [0.1, 0.15) is 53.9 Å². The molecule has 0 aromatic rings. The monoisotopic (exact) mass is 248 g/mol. The van der Waals surface area contributed by atoms with Gasteiger partial charge in [0.05, 0.1) is 5.60 Å². The van der Waals surface area contributed by atoms with Gasteiger partial charge in [-0.1, -0.05) is 44.6 Å². The fourth-order valence-electron chi connectivity index (χ4n) is 2.65. The van der Waals surface area contributed by atoms with Gasteiger partial charge in [0, 0.05) is 5.92 Å². The highest BCUT2D eigenvalue weighted by molar-refractivity contribution is 5.34. The quantitative estimate of drug-likeness (QED) is 0.718. The van der Waals surface area contributed by atoms with Gasteiger partial charge in [0.25, 0.3) is 0 Å². The zero-order chi connectivity index (χ0) is 14.0. The van der Waals surface area contributed by atoms with Crippen LogP contribution in [0.15, 0.2) is 36.0 Å². The largest absolute Gasteiger partial charge is 0.385 e. The van der Waals surface area contributed by atoms with E-state index in [4.69, 9.17) is 0 Å². The van der Waals surface area contributed by atoms with E-state index in [0.717, 1.165) is 0 Å². The van der Waals surface area contributed by atoms with Crippen LogP contribution in [-0.4, -0.2) is 10.7 Å². The van der Waals surface area contributed by atoms with Gasteiger partial charge >= 0.3 is 0 Å². The number of allylic oxidation sites excluding steroid dienone is 3. The molecule has 1 nitrogen and oxygen atoms in total. The Bertz CT molecular complexity index is 369. The zero-order valence-corrected chi connectivity index (χ0v) is 12.6. The Labute approximate surface area is 112 Å². The average molecular weight is 248 g/mol. The third-order valence-corrected chi connectivity index (χ3v) is 4.41. The molecular formula is C17H28O. The lowest BCUT2D eigenvalue weighted by molar-refractivity contribution is 0.0744. The van der Waals surface area contributed by atoms with E-state index in [1.54, 1.807) is 6.08 Å². The van der Waals surface area contributed by atoms with E-state index in [9.17, 15) is 5.11 Å². The highest BCUT2D eigenvalue weighted by Crippen LogP contribution is 2.41. The number of aliphatic hydroxyl groups is 1. The van der Waals surface area contributed by atoms with Crippen LogP contribution in [0.5, 0.6) is 0 Å². The lowest BCUT2D eigenvalue weighted by atomic mass is 9.72. The van der Waals surface area contributed by atoms with Crippen molar-refractivity contribution in [2.45, 2.75) is 59.5 Å². The van der Waals surface area contributed by atoms with Crippen LogP contribution < -0.4 is 0 Å². The summed E-state index contributed by atoms with van der Waals surface area (Å²) in [5.41, 5.74) is 2.27. The van der Waals surface area contributed by atoms with Crippen molar-refractivity contribution in [3.63, 3.8) is 0 Å². The van der Waals surface area contributed by atoms with E-state index in [0.29, 0.717) is 0 Å². The molecule has 1 N–H and O–H groups in total. The topological polar surface area (TPSA) is 20.2 Å². The summed E-state index contributed by atoms with van der Waals surface area (Å²) in [6.07, 6.45) is 9.55. The molecule has 0 aliphatic heterocycles. The number of rotatable bonds is 4. The maximum Gasteiger partial charge on any atom is 0.0862 e. The van der Waals surface area contributed by atoms with Crippen molar-refractivity contribution in [2.75, 3.05) is 0 Å². The standard InChI is InChI=1S/C17H28O/c1-7-14(3)17(6,18)12-10-15-13(2)9-8-11-16(15,4)5/h7,10,12,14,18H,1,8-9,11H2,2-6H3/b12-10+/t14-,17+/m0/s1. The maximum atomic E-state index is 10.4. The van der Waals surface area contributed by atoms with E-state index >= 15 is 0 Å². The Morgan fingerprint density at radius 2 is 2.06 bits per heavy atom. The van der Waals surface area contributed by atoms with Crippen LogP contribution in [0.4, 0.5) is 0 Å². The summed E-state index contributed by atoms with van der Waals surface area (Å²) in [7, 11) is 0. The molecule has 0 spiro atoms. The predicted octanol–water partition coefficient (Wildman–Crippen LogP) is 4.64. The van der Waals surface area contributed by atoms with E-state index in [-0.39, 0.29) is 11.3 Å². The molecule has 0 bridgehead atoms. The molecule has 1 heteroatoms. The Morgan fingerprint density at radius 1 is 1.44 bits per heavy atom. The van der Waals surface area contributed by atoms with Gasteiger partial charge in [-0.15, -0.1) is 6.58 Å². The SMILES string of the molecule is C=C[C@H](C)[C@](C)(O)/C=C/C1=C(C)CCCC1(C)C. The third kappa shape index (κ3) is 3.35. The van der Waals surface area contributed by atoms with Gasteiger partial charge in [0.15, 0.2) is 0 Å². The summed E-state index contributed by atoms with van der Waals surface area (Å²) in [6.45, 7) is 14.4. The minimum Gasteiger partial charge on any atom is -0.385 e. The van der Waals surface area contributed by atoms with Gasteiger partial charge in [0.2, 0.25) is 0 Å². The number of hydrogen-bond donors (Lipinski definition) is 1. The molecule has 0 radical (unpaired) electrons. The van der Waals surface area contributed by atoms with Gasteiger partial charge in [-0.3, -0.25) is 0 Å². The highest BCUT2D eigenvalue weighted by atomic mass is 16.3. The van der Waals surface area contributed by atoms with Crippen molar-refractivity contribution < 1.29 is 5.11 Å². The molecule has 1 rings (SSSR count). The summed E-state index contributed by atoms with van der Waals surface area (Å²) in [6, 6.07) is 0. The predicted molar refractivity (Wildman–Crippen MR) is 79.5 cm³/mol. The maximum absolute atomic E-state index is 10.4. The smallest absolute Gasteiger partial charge is 0.0862 e. The second kappa shape index (κ2) is 5.44. The molecule has 0 unspecified atom stereocenters. The first-order chi connectivity index (χ1) is 8.20. The van der Waals surface area contributed by atoms with Crippen LogP contribution in [0, 0.1) is 11.3 Å². The van der Waals surface area contributed by atoms with Gasteiger partial charge < -0.3 is 5.11 Å². The van der Waals surface area contributed by atoms with Crippen molar-refractivity contribution in [3.05, 3.63) is 36.0 Å². The molecule has 1 aliphatic carbocycles. The summed E-state index contributed by atoms with van der Waals surface area (Å²) in [4.78, 5) is 0. The number of hydrogen-bond acceptors (Lipinski definition) is 1. The molecule has 2 atom stereocenters. The molecule has 0 amide bonds. The average Bonchev–Trinajstić information content (AvgIpc) is 2.26. The van der Waals surface area contributed by atoms with Crippen molar-refractivity contribution in [2.24, 2.45) is 11.3 Å². The molecule has 0 saturated heterocycles. The van der Waals surface area contributed by atoms with Crippen molar-refractivity contribution >= 4 is 0 Å². The van der Waals surface area contributed by atoms with E-state index < -0.39 is 5.60 Å². The van der Waals surface area contributed by atoms with Gasteiger partial charge in [-0.25, -0.2) is 0 Å². The van der Waals surface area contributed by atoms with Gasteiger partial charge in [0.1, 0.15) is 0 Å². The first-order valence-corrected chi connectivity index (χ1v) is 6.95. The summed E-state index contributed by atoms with van der Waals surface area (Å²) in [5.74, 6) is 0.0568. The van der Waals surface area contributed by atoms with Crippen LogP contribution in [0.3, 0.4) is 0 Å². The van der Waals surface area contributed by atoms with Crippen LogP contribution in [-0.2, 0) is 0 Å². The first kappa shape index (κ1) is 15.2. The second-order valence-corrected chi connectivity index (χ2v) is 6.51. The summed E-state index contributed by atoms with van der Waals surface area (Å²) in [5, 5.41) is 10.4. The third-order valence-electron chi connectivity index (χ3n) is 4.41. The molecule has 18 heavy (non-hydrogen) atoms. The molecular weight excluding hydrogens is 220 g/mol. The Balaban J connectivity index is 2.98. The fourth-order valence-corrected chi connectivity index (χ4v) is 2.65. The Hall–Kier alpha value is -0.820. The van der Waals surface area contributed by atoms with E-state index in [1.165, 1.54) is 30.4 Å². The fraction of sp³-hybridized carbons (Fsp3) is 0.647. The minimum atomic E-state index is -0.817. The molecule has 1 aliphatic rings. The molecule has 0 aromatic carbocycles. The van der Waals surface area contributed by atoms with Crippen LogP contribution in [0.25, 0.3) is 0 Å². The molecule has 0 heterocycles. The van der Waals surface area contributed by atoms with Crippen LogP contribution >= 0.6 is 0 Å².